The van der Waals surface area contributed by atoms with Crippen LogP contribution in [-0.2, 0) is 0 Å². The van der Waals surface area contributed by atoms with Gasteiger partial charge in [-0.15, -0.1) is 0 Å². The first kappa shape index (κ1) is 10.1. The number of dihydropyridines is 1. The van der Waals surface area contributed by atoms with E-state index in [0.29, 0.717) is 0 Å². The molecule has 0 fully saturated rings. The van der Waals surface area contributed by atoms with Gasteiger partial charge in [0.05, 0.1) is 23.3 Å². The van der Waals surface area contributed by atoms with Crippen LogP contribution >= 0.6 is 0 Å². The minimum atomic E-state index is -4.61. The summed E-state index contributed by atoms with van der Waals surface area (Å²) in [5.74, 6) is -2.10. The van der Waals surface area contributed by atoms with Gasteiger partial charge in [-0.3, -0.25) is 0 Å². The molecule has 0 amide bonds. The fourth-order valence-corrected chi connectivity index (χ4v) is 1.10. The molecule has 0 bridgehead atoms. The average Bonchev–Trinajstić information content (AvgIpc) is 2.15. The summed E-state index contributed by atoms with van der Waals surface area (Å²) < 4.78 is 37.2. The smallest absolute Gasteiger partial charge is 0.366 e. The number of hydrogen-bond donors (Lipinski definition) is 1. The van der Waals surface area contributed by atoms with Crippen molar-refractivity contribution in [1.82, 2.24) is 5.32 Å². The molecular weight excluding hydrogens is 195 g/mol. The van der Waals surface area contributed by atoms with Gasteiger partial charge in [0.15, 0.2) is 0 Å². The quantitative estimate of drug-likeness (QED) is 0.644. The van der Waals surface area contributed by atoms with Crippen LogP contribution in [0.25, 0.3) is 0 Å². The maximum Gasteiger partial charge on any atom is 0.401 e. The molecule has 1 heterocycles. The number of hydrogen-bond acceptors (Lipinski definition) is 3. The Bertz CT molecular complexity index is 348. The molecule has 3 nitrogen and oxygen atoms in total. The number of halogens is 3. The molecule has 1 N–H and O–H groups in total. The van der Waals surface area contributed by atoms with E-state index in [1.165, 1.54) is 12.1 Å². The fraction of sp³-hybridized carbons (Fsp3) is 0.250. The van der Waals surface area contributed by atoms with Crippen LogP contribution in [0.1, 0.15) is 0 Å². The second-order valence-corrected chi connectivity index (χ2v) is 2.56. The van der Waals surface area contributed by atoms with Crippen LogP contribution in [0.15, 0.2) is 23.5 Å². The number of nitriles is 2. The Morgan fingerprint density at radius 2 is 1.57 bits per heavy atom. The molecule has 72 valence electrons. The zero-order valence-corrected chi connectivity index (χ0v) is 6.76. The van der Waals surface area contributed by atoms with Gasteiger partial charge in [-0.2, -0.15) is 23.7 Å². The van der Waals surface area contributed by atoms with Gasteiger partial charge < -0.3 is 5.32 Å². The predicted octanol–water partition coefficient (Wildman–Crippen LogP) is 1.58. The second-order valence-electron chi connectivity index (χ2n) is 2.56. The minimum absolute atomic E-state index is 0.503. The predicted molar refractivity (Wildman–Crippen MR) is 40.1 cm³/mol. The van der Waals surface area contributed by atoms with Crippen LogP contribution in [0.3, 0.4) is 0 Å². The van der Waals surface area contributed by atoms with Gasteiger partial charge in [-0.1, -0.05) is 0 Å². The van der Waals surface area contributed by atoms with E-state index in [0.717, 1.165) is 12.4 Å². The van der Waals surface area contributed by atoms with Crippen LogP contribution in [0.5, 0.6) is 0 Å². The van der Waals surface area contributed by atoms with Crippen LogP contribution in [0.4, 0.5) is 13.2 Å². The van der Waals surface area contributed by atoms with Crippen molar-refractivity contribution < 1.29 is 13.2 Å². The Labute approximate surface area is 77.7 Å². The Hall–Kier alpha value is -1.95. The van der Waals surface area contributed by atoms with Gasteiger partial charge in [0.25, 0.3) is 0 Å². The summed E-state index contributed by atoms with van der Waals surface area (Å²) in [6, 6.07) is 2.82. The zero-order chi connectivity index (χ0) is 10.8. The lowest BCUT2D eigenvalue weighted by Gasteiger charge is -2.21. The van der Waals surface area contributed by atoms with E-state index < -0.39 is 23.2 Å². The molecule has 0 aromatic heterocycles. The van der Waals surface area contributed by atoms with E-state index in [2.05, 4.69) is 5.32 Å². The lowest BCUT2D eigenvalue weighted by atomic mass is 9.91. The molecular formula is C8H4F3N3. The lowest BCUT2D eigenvalue weighted by molar-refractivity contribution is -0.152. The molecule has 0 aliphatic carbocycles. The monoisotopic (exact) mass is 199 g/mol. The molecule has 0 radical (unpaired) electrons. The first-order chi connectivity index (χ1) is 6.50. The third-order valence-electron chi connectivity index (χ3n) is 1.69. The van der Waals surface area contributed by atoms with Gasteiger partial charge in [0.1, 0.15) is 5.92 Å². The Kier molecular flexibility index (Phi) is 2.48. The van der Waals surface area contributed by atoms with Gasteiger partial charge in [-0.25, -0.2) is 0 Å². The van der Waals surface area contributed by atoms with Gasteiger partial charge >= 0.3 is 6.18 Å². The Morgan fingerprint density at radius 3 is 1.86 bits per heavy atom. The molecule has 1 aliphatic heterocycles. The number of rotatable bonds is 0. The third-order valence-corrected chi connectivity index (χ3v) is 1.69. The van der Waals surface area contributed by atoms with Crippen molar-refractivity contribution in [3.8, 4) is 12.1 Å². The minimum Gasteiger partial charge on any atom is -0.366 e. The average molecular weight is 199 g/mol. The van der Waals surface area contributed by atoms with Crippen molar-refractivity contribution in [1.29, 1.82) is 10.5 Å². The Balaban J connectivity index is 3.14. The summed E-state index contributed by atoms with van der Waals surface area (Å²) in [4.78, 5) is 0. The van der Waals surface area contributed by atoms with Gasteiger partial charge in [0, 0.05) is 12.4 Å². The number of nitrogens with one attached hydrogen (secondary N) is 1. The van der Waals surface area contributed by atoms with Crippen LogP contribution in [0, 0.1) is 28.6 Å². The van der Waals surface area contributed by atoms with Crippen LogP contribution in [0.2, 0.25) is 0 Å². The highest BCUT2D eigenvalue weighted by Gasteiger charge is 2.46. The molecule has 0 aromatic carbocycles. The Morgan fingerprint density at radius 1 is 1.14 bits per heavy atom. The number of nitrogens with zero attached hydrogens (tertiary/aromatic N) is 2. The van der Waals surface area contributed by atoms with Crippen molar-refractivity contribution in [3.05, 3.63) is 23.5 Å². The van der Waals surface area contributed by atoms with Crippen molar-refractivity contribution in [3.63, 3.8) is 0 Å². The topological polar surface area (TPSA) is 59.6 Å². The van der Waals surface area contributed by atoms with E-state index in [1.807, 2.05) is 0 Å². The van der Waals surface area contributed by atoms with E-state index >= 15 is 0 Å². The van der Waals surface area contributed by atoms with Gasteiger partial charge in [0.2, 0.25) is 0 Å². The zero-order valence-electron chi connectivity index (χ0n) is 6.76. The summed E-state index contributed by atoms with van der Waals surface area (Å²) in [5.41, 5.74) is -1.01. The molecule has 14 heavy (non-hydrogen) atoms. The van der Waals surface area contributed by atoms with Crippen molar-refractivity contribution in [2.45, 2.75) is 6.18 Å². The molecule has 6 heteroatoms. The molecule has 0 unspecified atom stereocenters. The molecule has 0 aromatic rings. The van der Waals surface area contributed by atoms with Crippen molar-refractivity contribution >= 4 is 0 Å². The molecule has 0 saturated carbocycles. The summed E-state index contributed by atoms with van der Waals surface area (Å²) in [6.07, 6.45) is -2.72. The first-order valence-electron chi connectivity index (χ1n) is 3.53. The highest BCUT2D eigenvalue weighted by molar-refractivity contribution is 5.42. The number of allylic oxidation sites excluding steroid dienone is 2. The second kappa shape index (κ2) is 3.43. The largest absolute Gasteiger partial charge is 0.401 e. The molecule has 0 saturated heterocycles. The fourth-order valence-electron chi connectivity index (χ4n) is 1.10. The van der Waals surface area contributed by atoms with E-state index in [-0.39, 0.29) is 0 Å². The van der Waals surface area contributed by atoms with Crippen molar-refractivity contribution in [2.24, 2.45) is 5.92 Å². The molecule has 0 spiro atoms. The SMILES string of the molecule is N#CC1=CNC=C(C#N)C1C(F)(F)F. The third kappa shape index (κ3) is 1.69. The summed E-state index contributed by atoms with van der Waals surface area (Å²) in [7, 11) is 0. The van der Waals surface area contributed by atoms with E-state index in [1.54, 1.807) is 0 Å². The molecule has 0 atom stereocenters. The van der Waals surface area contributed by atoms with E-state index in [4.69, 9.17) is 10.5 Å². The normalized spacial score (nSPS) is 17.2. The maximum absolute atomic E-state index is 12.4. The van der Waals surface area contributed by atoms with Crippen LogP contribution in [-0.4, -0.2) is 6.18 Å². The summed E-state index contributed by atoms with van der Waals surface area (Å²) in [5, 5.41) is 19.2. The maximum atomic E-state index is 12.4. The lowest BCUT2D eigenvalue weighted by Crippen LogP contribution is -2.29. The standard InChI is InChI=1S/C8H4F3N3/c9-8(10,11)7-5(1-12)3-14-4-6(7)2-13/h3-4,7,14H. The number of alkyl halides is 3. The highest BCUT2D eigenvalue weighted by atomic mass is 19.4. The molecule has 1 rings (SSSR count). The van der Waals surface area contributed by atoms with Crippen LogP contribution < -0.4 is 5.32 Å². The first-order valence-corrected chi connectivity index (χ1v) is 3.53. The summed E-state index contributed by atoms with van der Waals surface area (Å²) in [6.45, 7) is 0. The summed E-state index contributed by atoms with van der Waals surface area (Å²) >= 11 is 0. The molecule has 1 aliphatic rings. The van der Waals surface area contributed by atoms with Crippen molar-refractivity contribution in [2.75, 3.05) is 0 Å². The highest BCUT2D eigenvalue weighted by Crippen LogP contribution is 2.37. The van der Waals surface area contributed by atoms with Gasteiger partial charge in [-0.05, 0) is 0 Å². The van der Waals surface area contributed by atoms with E-state index in [9.17, 15) is 13.2 Å².